The SMILES string of the molecule is CC(C)C[C@@H](C(=O)NN(CC(C)C)C(=O)[C@H](N)C(C)C)[C@H](CC=Cc1ccccc1)C(=O)NO. The highest BCUT2D eigenvalue weighted by Gasteiger charge is 2.35. The topological polar surface area (TPSA) is 125 Å². The van der Waals surface area contributed by atoms with Gasteiger partial charge in [0.15, 0.2) is 0 Å². The van der Waals surface area contributed by atoms with E-state index in [4.69, 9.17) is 5.73 Å². The maximum absolute atomic E-state index is 13.4. The first-order valence-corrected chi connectivity index (χ1v) is 12.0. The van der Waals surface area contributed by atoms with Crippen molar-refractivity contribution in [3.63, 3.8) is 0 Å². The van der Waals surface area contributed by atoms with Gasteiger partial charge >= 0.3 is 0 Å². The molecule has 0 saturated carbocycles. The number of hydrazine groups is 1. The van der Waals surface area contributed by atoms with Crippen molar-refractivity contribution in [3.8, 4) is 0 Å². The van der Waals surface area contributed by atoms with Gasteiger partial charge in [0, 0.05) is 6.54 Å². The molecule has 0 fully saturated rings. The number of hydrogen-bond donors (Lipinski definition) is 4. The van der Waals surface area contributed by atoms with Gasteiger partial charge in [-0.25, -0.2) is 5.48 Å². The van der Waals surface area contributed by atoms with Crippen LogP contribution < -0.4 is 16.6 Å². The molecular weight excluding hydrogens is 432 g/mol. The predicted octanol–water partition coefficient (Wildman–Crippen LogP) is 3.37. The third-order valence-corrected chi connectivity index (χ3v) is 5.56. The van der Waals surface area contributed by atoms with Crippen molar-refractivity contribution in [3.05, 3.63) is 42.0 Å². The molecule has 34 heavy (non-hydrogen) atoms. The molecule has 0 aliphatic carbocycles. The van der Waals surface area contributed by atoms with Gasteiger partial charge in [-0.2, -0.15) is 0 Å². The molecule has 8 heteroatoms. The van der Waals surface area contributed by atoms with Crippen molar-refractivity contribution < 1.29 is 19.6 Å². The summed E-state index contributed by atoms with van der Waals surface area (Å²) in [5.74, 6) is -2.92. The summed E-state index contributed by atoms with van der Waals surface area (Å²) in [6.45, 7) is 11.8. The van der Waals surface area contributed by atoms with Gasteiger partial charge in [0.1, 0.15) is 0 Å². The van der Waals surface area contributed by atoms with E-state index in [9.17, 15) is 19.6 Å². The first-order chi connectivity index (χ1) is 16.0. The van der Waals surface area contributed by atoms with Crippen LogP contribution in [-0.4, -0.2) is 40.5 Å². The average molecular weight is 475 g/mol. The first kappa shape index (κ1) is 29.3. The second kappa shape index (κ2) is 14.5. The van der Waals surface area contributed by atoms with E-state index in [1.807, 2.05) is 84.0 Å². The smallest absolute Gasteiger partial charge is 0.258 e. The highest BCUT2D eigenvalue weighted by molar-refractivity contribution is 5.90. The summed E-state index contributed by atoms with van der Waals surface area (Å²) in [4.78, 5) is 39.0. The number of nitrogens with two attached hydrogens (primary N) is 1. The van der Waals surface area contributed by atoms with E-state index in [-0.39, 0.29) is 30.1 Å². The lowest BCUT2D eigenvalue weighted by molar-refractivity contribution is -0.148. The van der Waals surface area contributed by atoms with Gasteiger partial charge < -0.3 is 5.73 Å². The molecule has 0 radical (unpaired) electrons. The van der Waals surface area contributed by atoms with Crippen LogP contribution in [0.2, 0.25) is 0 Å². The fourth-order valence-corrected chi connectivity index (χ4v) is 3.65. The number of amides is 3. The minimum Gasteiger partial charge on any atom is -0.320 e. The number of carbonyl (C=O) groups is 3. The van der Waals surface area contributed by atoms with Crippen molar-refractivity contribution >= 4 is 23.8 Å². The number of hydrogen-bond acceptors (Lipinski definition) is 5. The highest BCUT2D eigenvalue weighted by Crippen LogP contribution is 2.26. The molecule has 0 bridgehead atoms. The second-order valence-electron chi connectivity index (χ2n) is 9.96. The molecule has 0 aromatic heterocycles. The Kier molecular flexibility index (Phi) is 12.5. The number of carbonyl (C=O) groups excluding carboxylic acids is 3. The van der Waals surface area contributed by atoms with Gasteiger partial charge in [0.25, 0.3) is 5.91 Å². The van der Waals surface area contributed by atoms with Crippen molar-refractivity contribution in [2.45, 2.75) is 60.4 Å². The Balaban J connectivity index is 3.18. The molecule has 0 saturated heterocycles. The van der Waals surface area contributed by atoms with Gasteiger partial charge in [-0.1, -0.05) is 84.0 Å². The molecule has 190 valence electrons. The van der Waals surface area contributed by atoms with Crippen molar-refractivity contribution in [2.24, 2.45) is 35.3 Å². The van der Waals surface area contributed by atoms with Crippen LogP contribution in [0, 0.1) is 29.6 Å². The zero-order valence-corrected chi connectivity index (χ0v) is 21.3. The van der Waals surface area contributed by atoms with Gasteiger partial charge in [0.05, 0.1) is 17.9 Å². The predicted molar refractivity (Wildman–Crippen MR) is 134 cm³/mol. The fourth-order valence-electron chi connectivity index (χ4n) is 3.65. The van der Waals surface area contributed by atoms with E-state index in [1.165, 1.54) is 5.01 Å². The van der Waals surface area contributed by atoms with Crippen LogP contribution in [0.4, 0.5) is 0 Å². The number of nitrogens with one attached hydrogen (secondary N) is 2. The Hall–Kier alpha value is -2.71. The second-order valence-corrected chi connectivity index (χ2v) is 9.96. The van der Waals surface area contributed by atoms with E-state index in [0.29, 0.717) is 13.0 Å². The Morgan fingerprint density at radius 2 is 1.59 bits per heavy atom. The Bertz CT molecular complexity index is 808. The third-order valence-electron chi connectivity index (χ3n) is 5.56. The summed E-state index contributed by atoms with van der Waals surface area (Å²) in [6, 6.07) is 8.85. The third kappa shape index (κ3) is 9.65. The normalized spacial score (nSPS) is 14.3. The molecule has 8 nitrogen and oxygen atoms in total. The highest BCUT2D eigenvalue weighted by atomic mass is 16.5. The summed E-state index contributed by atoms with van der Waals surface area (Å²) >= 11 is 0. The molecular formula is C26H42N4O4. The maximum atomic E-state index is 13.4. The molecule has 0 heterocycles. The van der Waals surface area contributed by atoms with Gasteiger partial charge in [-0.05, 0) is 36.2 Å². The van der Waals surface area contributed by atoms with Gasteiger partial charge in [-0.15, -0.1) is 0 Å². The van der Waals surface area contributed by atoms with Crippen molar-refractivity contribution in [1.82, 2.24) is 15.9 Å². The van der Waals surface area contributed by atoms with Gasteiger partial charge in [0.2, 0.25) is 11.8 Å². The molecule has 1 aromatic carbocycles. The fraction of sp³-hybridized carbons (Fsp3) is 0.577. The van der Waals surface area contributed by atoms with Crippen LogP contribution >= 0.6 is 0 Å². The summed E-state index contributed by atoms with van der Waals surface area (Å²) in [6.07, 6.45) is 4.35. The number of benzene rings is 1. The quantitative estimate of drug-likeness (QED) is 0.273. The lowest BCUT2D eigenvalue weighted by Crippen LogP contribution is -2.57. The average Bonchev–Trinajstić information content (AvgIpc) is 2.78. The summed E-state index contributed by atoms with van der Waals surface area (Å²) < 4.78 is 0. The van der Waals surface area contributed by atoms with Crippen LogP contribution in [0.3, 0.4) is 0 Å². The number of nitrogens with zero attached hydrogens (tertiary/aromatic N) is 1. The Morgan fingerprint density at radius 3 is 2.09 bits per heavy atom. The van der Waals surface area contributed by atoms with Crippen molar-refractivity contribution in [1.29, 1.82) is 0 Å². The molecule has 3 atom stereocenters. The lowest BCUT2D eigenvalue weighted by atomic mass is 9.82. The van der Waals surface area contributed by atoms with E-state index in [0.717, 1.165) is 5.56 Å². The molecule has 1 aromatic rings. The van der Waals surface area contributed by atoms with Crippen LogP contribution in [0.25, 0.3) is 6.08 Å². The molecule has 0 spiro atoms. The van der Waals surface area contributed by atoms with E-state index < -0.39 is 29.7 Å². The van der Waals surface area contributed by atoms with Crippen LogP contribution in [-0.2, 0) is 14.4 Å². The Morgan fingerprint density at radius 1 is 0.971 bits per heavy atom. The van der Waals surface area contributed by atoms with E-state index in [1.54, 1.807) is 5.48 Å². The molecule has 1 rings (SSSR count). The largest absolute Gasteiger partial charge is 0.320 e. The van der Waals surface area contributed by atoms with Crippen molar-refractivity contribution in [2.75, 3.05) is 6.54 Å². The van der Waals surface area contributed by atoms with Crippen LogP contribution in [0.5, 0.6) is 0 Å². The molecule has 3 amide bonds. The van der Waals surface area contributed by atoms with E-state index >= 15 is 0 Å². The van der Waals surface area contributed by atoms with E-state index in [2.05, 4.69) is 5.43 Å². The minimum atomic E-state index is -0.817. The lowest BCUT2D eigenvalue weighted by Gasteiger charge is -2.32. The number of hydroxylamine groups is 1. The van der Waals surface area contributed by atoms with Crippen LogP contribution in [0.15, 0.2) is 36.4 Å². The standard InChI is InChI=1S/C26H42N4O4/c1-17(2)15-22(21(25(32)29-34)14-10-13-20-11-8-7-9-12-20)24(31)28-30(16-18(3)4)26(33)23(27)19(5)6/h7-13,17-19,21-23,34H,14-16,27H2,1-6H3,(H,28,31)(H,29,32)/t21-,22+,23+/m0/s1. The van der Waals surface area contributed by atoms with Crippen LogP contribution in [0.1, 0.15) is 59.9 Å². The summed E-state index contributed by atoms with van der Waals surface area (Å²) in [5.41, 5.74) is 11.5. The summed E-state index contributed by atoms with van der Waals surface area (Å²) in [7, 11) is 0. The maximum Gasteiger partial charge on any atom is 0.258 e. The number of rotatable bonds is 12. The zero-order chi connectivity index (χ0) is 25.8. The van der Waals surface area contributed by atoms with Gasteiger partial charge in [-0.3, -0.25) is 30.0 Å². The number of allylic oxidation sites excluding steroid dienone is 1. The monoisotopic (exact) mass is 474 g/mol. The molecule has 5 N–H and O–H groups in total. The first-order valence-electron chi connectivity index (χ1n) is 12.0. The minimum absolute atomic E-state index is 0.0949. The summed E-state index contributed by atoms with van der Waals surface area (Å²) in [5, 5.41) is 10.6. The molecule has 0 aliphatic rings. The zero-order valence-electron chi connectivity index (χ0n) is 21.3. The Labute approximate surface area is 203 Å². The molecule has 0 unspecified atom stereocenters. The molecule has 0 aliphatic heterocycles.